The minimum atomic E-state index is 1.28. The lowest BCUT2D eigenvalue weighted by molar-refractivity contribution is 1.47. The highest BCUT2D eigenvalue weighted by Crippen LogP contribution is 2.18. The molecule has 0 unspecified atom stereocenters. The molecule has 0 aliphatic rings. The molecule has 0 fully saturated rings. The fourth-order valence-electron chi connectivity index (χ4n) is 2.45. The lowest BCUT2D eigenvalue weighted by Crippen LogP contribution is -1.76. The molecule has 0 heterocycles. The number of hydrogen-bond acceptors (Lipinski definition) is 0. The molecule has 0 aliphatic heterocycles. The number of benzene rings is 4. The van der Waals surface area contributed by atoms with E-state index in [1.807, 2.05) is 56.3 Å². The Morgan fingerprint density at radius 3 is 0.897 bits per heavy atom. The maximum atomic E-state index is 2.16. The average molecular weight is 383 g/mol. The van der Waals surface area contributed by atoms with Crippen molar-refractivity contribution in [1.82, 2.24) is 0 Å². The van der Waals surface area contributed by atoms with Crippen LogP contribution in [0.3, 0.4) is 0 Å². The molecule has 0 atom stereocenters. The second-order valence-corrected chi connectivity index (χ2v) is 6.54. The molecule has 0 aliphatic carbocycles. The second-order valence-electron chi connectivity index (χ2n) is 6.54. The van der Waals surface area contributed by atoms with Crippen LogP contribution in [0.1, 0.15) is 30.5 Å². The van der Waals surface area contributed by atoms with Crippen molar-refractivity contribution in [3.63, 3.8) is 0 Å². The van der Waals surface area contributed by atoms with Crippen molar-refractivity contribution in [2.75, 3.05) is 0 Å². The van der Waals surface area contributed by atoms with Crippen molar-refractivity contribution >= 4 is 0 Å². The topological polar surface area (TPSA) is 0 Å². The van der Waals surface area contributed by atoms with Crippen molar-refractivity contribution in [2.45, 2.75) is 34.6 Å². The van der Waals surface area contributed by atoms with E-state index in [1.54, 1.807) is 0 Å². The summed E-state index contributed by atoms with van der Waals surface area (Å²) in [5.41, 5.74) is 6.51. The van der Waals surface area contributed by atoms with E-state index in [4.69, 9.17) is 0 Å². The molecule has 29 heavy (non-hydrogen) atoms. The first-order valence-electron chi connectivity index (χ1n) is 10.3. The smallest absolute Gasteiger partial charge is 0.0184 e. The zero-order valence-corrected chi connectivity index (χ0v) is 18.5. The summed E-state index contributed by atoms with van der Waals surface area (Å²) in [5.74, 6) is 0. The minimum Gasteiger partial charge on any atom is -0.0683 e. The van der Waals surface area contributed by atoms with Gasteiger partial charge in [-0.1, -0.05) is 146 Å². The molecule has 0 N–H and O–H groups in total. The summed E-state index contributed by atoms with van der Waals surface area (Å²) in [6.45, 7) is 10.3. The van der Waals surface area contributed by atoms with E-state index in [0.717, 1.165) is 0 Å². The van der Waals surface area contributed by atoms with E-state index >= 15 is 0 Å². The van der Waals surface area contributed by atoms with E-state index < -0.39 is 0 Å². The van der Waals surface area contributed by atoms with Gasteiger partial charge in [0.1, 0.15) is 0 Å². The largest absolute Gasteiger partial charge is 0.0683 e. The molecule has 0 saturated carbocycles. The summed E-state index contributed by atoms with van der Waals surface area (Å²) in [4.78, 5) is 0. The molecular weight excluding hydrogens is 348 g/mol. The number of aryl methyl sites for hydroxylation is 3. The van der Waals surface area contributed by atoms with Crippen LogP contribution in [-0.2, 0) is 0 Å². The summed E-state index contributed by atoms with van der Waals surface area (Å²) in [5, 5.41) is 0. The number of hydrogen-bond donors (Lipinski definition) is 0. The van der Waals surface area contributed by atoms with Crippen LogP contribution in [-0.4, -0.2) is 0 Å². The molecule has 0 amide bonds. The maximum Gasteiger partial charge on any atom is -0.0184 e. The van der Waals surface area contributed by atoms with Crippen LogP contribution >= 0.6 is 0 Å². The van der Waals surface area contributed by atoms with Crippen molar-refractivity contribution < 1.29 is 0 Å². The van der Waals surface area contributed by atoms with E-state index in [2.05, 4.69) is 93.6 Å². The molecule has 4 aromatic carbocycles. The molecule has 4 aromatic rings. The molecule has 0 bridgehead atoms. The molecular formula is C29H34. The normalized spacial score (nSPS) is 8.86. The average Bonchev–Trinajstić information content (AvgIpc) is 2.78. The molecule has 0 radical (unpaired) electrons. The van der Waals surface area contributed by atoms with Gasteiger partial charge in [0.25, 0.3) is 0 Å². The van der Waals surface area contributed by atoms with E-state index in [-0.39, 0.29) is 0 Å². The van der Waals surface area contributed by atoms with Gasteiger partial charge in [-0.3, -0.25) is 0 Å². The van der Waals surface area contributed by atoms with Gasteiger partial charge in [-0.15, -0.1) is 0 Å². The monoisotopic (exact) mass is 382 g/mol. The first-order valence-corrected chi connectivity index (χ1v) is 10.3. The lowest BCUT2D eigenvalue weighted by Gasteiger charge is -2.00. The summed E-state index contributed by atoms with van der Waals surface area (Å²) >= 11 is 0. The quantitative estimate of drug-likeness (QED) is 0.309. The van der Waals surface area contributed by atoms with Gasteiger partial charge in [-0.05, 0) is 31.9 Å². The summed E-state index contributed by atoms with van der Waals surface area (Å²) < 4.78 is 0. The minimum absolute atomic E-state index is 1.28. The standard InChI is InChI=1S/C13H12.2C7H8.C2H6/c1-11-7-9-13(10-8-11)12-5-3-2-4-6-12;2*1-7-5-3-2-4-6-7;1-2/h2-10H,1H3;2*2-6H,1H3;1-2H3. The van der Waals surface area contributed by atoms with Gasteiger partial charge in [-0.25, -0.2) is 0 Å². The molecule has 0 aromatic heterocycles. The highest BCUT2D eigenvalue weighted by molar-refractivity contribution is 5.63. The predicted molar refractivity (Wildman–Crippen MR) is 130 cm³/mol. The molecule has 0 saturated heterocycles. The SMILES string of the molecule is CC.Cc1ccc(-c2ccccc2)cc1.Cc1ccccc1.Cc1ccccc1. The Bertz CT molecular complexity index is 824. The predicted octanol–water partition coefficient (Wildman–Crippen LogP) is 8.68. The Morgan fingerprint density at radius 1 is 0.310 bits per heavy atom. The van der Waals surface area contributed by atoms with Crippen LogP contribution in [0, 0.1) is 20.8 Å². The van der Waals surface area contributed by atoms with Crippen LogP contribution in [0.15, 0.2) is 115 Å². The third-order valence-electron chi connectivity index (χ3n) is 4.04. The van der Waals surface area contributed by atoms with Crippen molar-refractivity contribution in [3.8, 4) is 11.1 Å². The van der Waals surface area contributed by atoms with Crippen molar-refractivity contribution in [1.29, 1.82) is 0 Å². The third-order valence-corrected chi connectivity index (χ3v) is 4.04. The van der Waals surface area contributed by atoms with Gasteiger partial charge < -0.3 is 0 Å². The lowest BCUT2D eigenvalue weighted by atomic mass is 10.0. The van der Waals surface area contributed by atoms with Crippen molar-refractivity contribution in [3.05, 3.63) is 132 Å². The molecule has 0 nitrogen and oxygen atoms in total. The van der Waals surface area contributed by atoms with Gasteiger partial charge >= 0.3 is 0 Å². The number of rotatable bonds is 1. The summed E-state index contributed by atoms with van der Waals surface area (Å²) in [6.07, 6.45) is 0. The highest BCUT2D eigenvalue weighted by atomic mass is 14.0. The third kappa shape index (κ3) is 10.7. The van der Waals surface area contributed by atoms with Gasteiger partial charge in [0, 0.05) is 0 Å². The Labute approximate surface area is 177 Å². The van der Waals surface area contributed by atoms with E-state index in [0.29, 0.717) is 0 Å². The van der Waals surface area contributed by atoms with Gasteiger partial charge in [0.05, 0.1) is 0 Å². The van der Waals surface area contributed by atoms with Crippen LogP contribution in [0.4, 0.5) is 0 Å². The first kappa shape index (κ1) is 23.9. The van der Waals surface area contributed by atoms with Crippen LogP contribution < -0.4 is 0 Å². The summed E-state index contributed by atoms with van der Waals surface area (Å²) in [7, 11) is 0. The maximum absolute atomic E-state index is 2.16. The van der Waals surface area contributed by atoms with Gasteiger partial charge in [-0.2, -0.15) is 0 Å². The zero-order chi connectivity index (χ0) is 21.3. The van der Waals surface area contributed by atoms with E-state index in [9.17, 15) is 0 Å². The Balaban J connectivity index is 0.000000225. The first-order chi connectivity index (χ1) is 14.1. The van der Waals surface area contributed by atoms with E-state index in [1.165, 1.54) is 27.8 Å². The highest BCUT2D eigenvalue weighted by Gasteiger charge is 1.93. The second kappa shape index (κ2) is 14.9. The Morgan fingerprint density at radius 2 is 0.586 bits per heavy atom. The Hall–Kier alpha value is -3.12. The molecule has 4 rings (SSSR count). The zero-order valence-electron chi connectivity index (χ0n) is 18.5. The molecule has 0 spiro atoms. The fourth-order valence-corrected chi connectivity index (χ4v) is 2.45. The van der Waals surface area contributed by atoms with Crippen molar-refractivity contribution in [2.24, 2.45) is 0 Å². The van der Waals surface area contributed by atoms with Crippen LogP contribution in [0.5, 0.6) is 0 Å². The van der Waals surface area contributed by atoms with Gasteiger partial charge in [0.2, 0.25) is 0 Å². The molecule has 0 heteroatoms. The van der Waals surface area contributed by atoms with Crippen LogP contribution in [0.25, 0.3) is 11.1 Å². The van der Waals surface area contributed by atoms with Crippen LogP contribution in [0.2, 0.25) is 0 Å². The molecule has 150 valence electrons. The van der Waals surface area contributed by atoms with Gasteiger partial charge in [0.15, 0.2) is 0 Å². The fraction of sp³-hybridized carbons (Fsp3) is 0.172. The summed E-state index contributed by atoms with van der Waals surface area (Å²) in [6, 6.07) is 39.5. The Kier molecular flexibility index (Phi) is 12.3.